The predicted octanol–water partition coefficient (Wildman–Crippen LogP) is 5.85. The second kappa shape index (κ2) is 5.32. The number of alkyl halides is 1. The highest BCUT2D eigenvalue weighted by Crippen LogP contribution is 2.50. The minimum absolute atomic E-state index is 0.0627. The van der Waals surface area contributed by atoms with Crippen LogP contribution in [0.4, 0.5) is 4.39 Å². The maximum Gasteiger partial charge on any atom is 0.129 e. The van der Waals surface area contributed by atoms with E-state index in [1.54, 1.807) is 0 Å². The summed E-state index contributed by atoms with van der Waals surface area (Å²) >= 11 is 3.87. The lowest BCUT2D eigenvalue weighted by atomic mass is 9.71. The molecule has 0 heterocycles. The van der Waals surface area contributed by atoms with Crippen LogP contribution in [0.3, 0.4) is 0 Å². The molecule has 100 valence electrons. The maximum atomic E-state index is 13.7. The van der Waals surface area contributed by atoms with Crippen LogP contribution in [0.25, 0.3) is 0 Å². The van der Waals surface area contributed by atoms with Gasteiger partial charge >= 0.3 is 0 Å². The summed E-state index contributed by atoms with van der Waals surface area (Å²) in [4.78, 5) is 0.336. The fourth-order valence-corrected chi connectivity index (χ4v) is 3.86. The number of hydrogen-bond acceptors (Lipinski definition) is 0. The summed E-state index contributed by atoms with van der Waals surface area (Å²) in [5.74, 6) is -0.0627. The zero-order chi connectivity index (χ0) is 13.3. The monoisotopic (exact) mass is 312 g/mol. The van der Waals surface area contributed by atoms with Crippen LogP contribution in [0.15, 0.2) is 12.1 Å². The Morgan fingerprint density at radius 1 is 1.11 bits per heavy atom. The Morgan fingerprint density at radius 2 is 1.61 bits per heavy atom. The smallest absolute Gasteiger partial charge is 0.129 e. The van der Waals surface area contributed by atoms with Crippen molar-refractivity contribution in [2.75, 3.05) is 0 Å². The Bertz CT molecular complexity index is 410. The first-order chi connectivity index (χ1) is 8.44. The fraction of sp³-hybridized carbons (Fsp3) is 0.625. The first-order valence-electron chi connectivity index (χ1n) is 6.85. The van der Waals surface area contributed by atoms with Gasteiger partial charge in [-0.25, -0.2) is 4.39 Å². The van der Waals surface area contributed by atoms with E-state index < -0.39 is 0 Å². The molecule has 0 amide bonds. The van der Waals surface area contributed by atoms with Crippen molar-refractivity contribution in [1.82, 2.24) is 0 Å². The van der Waals surface area contributed by atoms with Crippen molar-refractivity contribution >= 4 is 15.9 Å². The third kappa shape index (κ3) is 2.64. The Kier molecular flexibility index (Phi) is 4.15. The summed E-state index contributed by atoms with van der Waals surface area (Å²) < 4.78 is 13.7. The topological polar surface area (TPSA) is 0 Å². The first kappa shape index (κ1) is 14.0. The molecular weight excluding hydrogens is 291 g/mol. The molecule has 1 aromatic rings. The van der Waals surface area contributed by atoms with Gasteiger partial charge in [-0.05, 0) is 48.8 Å². The molecule has 18 heavy (non-hydrogen) atoms. The van der Waals surface area contributed by atoms with Crippen LogP contribution in [0, 0.1) is 25.1 Å². The summed E-state index contributed by atoms with van der Waals surface area (Å²) in [5, 5.41) is 0. The first-order valence-corrected chi connectivity index (χ1v) is 7.76. The molecule has 1 aromatic carbocycles. The fourth-order valence-electron chi connectivity index (χ4n) is 3.14. The van der Waals surface area contributed by atoms with Gasteiger partial charge in [-0.15, -0.1) is 0 Å². The summed E-state index contributed by atoms with van der Waals surface area (Å²) in [5.41, 5.74) is 3.06. The summed E-state index contributed by atoms with van der Waals surface area (Å²) in [6.45, 7) is 6.07. The van der Waals surface area contributed by atoms with Crippen molar-refractivity contribution in [2.24, 2.45) is 5.41 Å². The average Bonchev–Trinajstić information content (AvgIpc) is 2.35. The quantitative estimate of drug-likeness (QED) is 0.601. The van der Waals surface area contributed by atoms with E-state index in [1.807, 2.05) is 26.0 Å². The predicted molar refractivity (Wildman–Crippen MR) is 78.7 cm³/mol. The van der Waals surface area contributed by atoms with Gasteiger partial charge in [-0.1, -0.05) is 54.2 Å². The van der Waals surface area contributed by atoms with Crippen LogP contribution in [-0.2, 0) is 0 Å². The van der Waals surface area contributed by atoms with Crippen LogP contribution < -0.4 is 0 Å². The SMILES string of the molecule is Cc1cc(C(Br)C2(C)CCCCC2)cc(C)c1F. The van der Waals surface area contributed by atoms with Gasteiger partial charge in [0.2, 0.25) is 0 Å². The van der Waals surface area contributed by atoms with Gasteiger partial charge in [0, 0.05) is 4.83 Å². The van der Waals surface area contributed by atoms with Crippen LogP contribution in [0.2, 0.25) is 0 Å². The molecule has 1 aliphatic carbocycles. The zero-order valence-electron chi connectivity index (χ0n) is 11.5. The van der Waals surface area contributed by atoms with Crippen LogP contribution >= 0.6 is 15.9 Å². The molecule has 0 aliphatic heterocycles. The van der Waals surface area contributed by atoms with Gasteiger partial charge in [-0.3, -0.25) is 0 Å². The van der Waals surface area contributed by atoms with Crippen LogP contribution in [0.1, 0.15) is 60.5 Å². The third-order valence-corrected chi connectivity index (χ3v) is 5.99. The Morgan fingerprint density at radius 3 is 2.11 bits per heavy atom. The van der Waals surface area contributed by atoms with Gasteiger partial charge < -0.3 is 0 Å². The second-order valence-corrected chi connectivity index (χ2v) is 6.96. The van der Waals surface area contributed by atoms with Gasteiger partial charge in [0.15, 0.2) is 0 Å². The van der Waals surface area contributed by atoms with E-state index in [0.29, 0.717) is 10.2 Å². The molecule has 0 spiro atoms. The molecule has 1 fully saturated rings. The molecule has 1 saturated carbocycles. The second-order valence-electron chi connectivity index (χ2n) is 6.05. The molecule has 0 nitrogen and oxygen atoms in total. The lowest BCUT2D eigenvalue weighted by molar-refractivity contribution is 0.212. The van der Waals surface area contributed by atoms with Crippen molar-refractivity contribution in [3.63, 3.8) is 0 Å². The van der Waals surface area contributed by atoms with Crippen LogP contribution in [-0.4, -0.2) is 0 Å². The molecule has 2 heteroatoms. The molecule has 0 N–H and O–H groups in total. The molecular formula is C16H22BrF. The minimum Gasteiger partial charge on any atom is -0.206 e. The number of aryl methyl sites for hydroxylation is 2. The van der Waals surface area contributed by atoms with E-state index in [9.17, 15) is 4.39 Å². The zero-order valence-corrected chi connectivity index (χ0v) is 13.1. The number of benzene rings is 1. The molecule has 0 bridgehead atoms. The van der Waals surface area contributed by atoms with Crippen molar-refractivity contribution in [1.29, 1.82) is 0 Å². The number of rotatable bonds is 2. The largest absolute Gasteiger partial charge is 0.206 e. The van der Waals surface area contributed by atoms with Gasteiger partial charge in [0.25, 0.3) is 0 Å². The molecule has 0 saturated heterocycles. The summed E-state index contributed by atoms with van der Waals surface area (Å²) in [7, 11) is 0. The highest BCUT2D eigenvalue weighted by atomic mass is 79.9. The lowest BCUT2D eigenvalue weighted by Gasteiger charge is -2.38. The lowest BCUT2D eigenvalue weighted by Crippen LogP contribution is -2.25. The molecule has 0 aromatic heterocycles. The van der Waals surface area contributed by atoms with E-state index in [4.69, 9.17) is 0 Å². The van der Waals surface area contributed by atoms with Gasteiger partial charge in [0.1, 0.15) is 5.82 Å². The highest BCUT2D eigenvalue weighted by Gasteiger charge is 2.35. The standard InChI is InChI=1S/C16H22BrF/c1-11-9-13(10-12(2)14(11)18)15(17)16(3)7-5-4-6-8-16/h9-10,15H,4-8H2,1-3H3. The van der Waals surface area contributed by atoms with Crippen molar-refractivity contribution in [3.8, 4) is 0 Å². The molecule has 1 aliphatic rings. The summed E-state index contributed by atoms with van der Waals surface area (Å²) in [6, 6.07) is 4.00. The Labute approximate surface area is 118 Å². The Hall–Kier alpha value is -0.370. The van der Waals surface area contributed by atoms with E-state index in [1.165, 1.54) is 37.7 Å². The molecule has 2 rings (SSSR count). The van der Waals surface area contributed by atoms with E-state index in [2.05, 4.69) is 22.9 Å². The van der Waals surface area contributed by atoms with Crippen molar-refractivity contribution < 1.29 is 4.39 Å². The third-order valence-electron chi connectivity index (χ3n) is 4.36. The van der Waals surface area contributed by atoms with Crippen LogP contribution in [0.5, 0.6) is 0 Å². The maximum absolute atomic E-state index is 13.7. The number of hydrogen-bond donors (Lipinski definition) is 0. The summed E-state index contributed by atoms with van der Waals surface area (Å²) in [6.07, 6.45) is 6.52. The highest BCUT2D eigenvalue weighted by molar-refractivity contribution is 9.09. The van der Waals surface area contributed by atoms with Crippen molar-refractivity contribution in [3.05, 3.63) is 34.6 Å². The average molecular weight is 313 g/mol. The van der Waals surface area contributed by atoms with Gasteiger partial charge in [-0.2, -0.15) is 0 Å². The minimum atomic E-state index is -0.0627. The normalized spacial score (nSPS) is 20.7. The Balaban J connectivity index is 2.30. The number of halogens is 2. The molecule has 1 unspecified atom stereocenters. The molecule has 0 radical (unpaired) electrons. The van der Waals surface area contributed by atoms with E-state index in [0.717, 1.165) is 11.1 Å². The van der Waals surface area contributed by atoms with Gasteiger partial charge in [0.05, 0.1) is 0 Å². The van der Waals surface area contributed by atoms with E-state index >= 15 is 0 Å². The van der Waals surface area contributed by atoms with E-state index in [-0.39, 0.29) is 5.82 Å². The van der Waals surface area contributed by atoms with Crippen molar-refractivity contribution in [2.45, 2.75) is 57.7 Å². The molecule has 1 atom stereocenters.